The molecule has 0 radical (unpaired) electrons. The van der Waals surface area contributed by atoms with Gasteiger partial charge in [0.1, 0.15) is 18.1 Å². The van der Waals surface area contributed by atoms with Crippen LogP contribution in [0.1, 0.15) is 59.8 Å². The van der Waals surface area contributed by atoms with Crippen molar-refractivity contribution >= 4 is 29.7 Å². The van der Waals surface area contributed by atoms with E-state index in [1.165, 1.54) is 4.90 Å². The van der Waals surface area contributed by atoms with Gasteiger partial charge in [-0.05, 0) is 31.1 Å². The van der Waals surface area contributed by atoms with Gasteiger partial charge in [0, 0.05) is 13.0 Å². The highest BCUT2D eigenvalue weighted by Crippen LogP contribution is 2.20. The summed E-state index contributed by atoms with van der Waals surface area (Å²) in [5.74, 6) is -4.46. The third-order valence-electron chi connectivity index (χ3n) is 5.85. The summed E-state index contributed by atoms with van der Waals surface area (Å²) in [5.41, 5.74) is 5.82. The maximum absolute atomic E-state index is 12.9. The average Bonchev–Trinajstić information content (AvgIpc) is 3.21. The lowest BCUT2D eigenvalue weighted by molar-refractivity contribution is -0.145. The summed E-state index contributed by atoms with van der Waals surface area (Å²) in [4.78, 5) is 62.0. The Morgan fingerprint density at radius 1 is 1.06 bits per heavy atom. The first-order chi connectivity index (χ1) is 14.9. The van der Waals surface area contributed by atoms with Crippen LogP contribution in [0.15, 0.2) is 0 Å². The normalized spacial score (nSPS) is 19.7. The second-order valence-electron chi connectivity index (χ2n) is 8.67. The van der Waals surface area contributed by atoms with Gasteiger partial charge in [-0.2, -0.15) is 0 Å². The van der Waals surface area contributed by atoms with Crippen LogP contribution < -0.4 is 16.4 Å². The number of rotatable bonds is 12. The Kier molecular flexibility index (Phi) is 10.6. The van der Waals surface area contributed by atoms with E-state index in [2.05, 4.69) is 10.6 Å². The first-order valence-electron chi connectivity index (χ1n) is 11.0. The molecule has 1 rings (SSSR count). The predicted octanol–water partition coefficient (Wildman–Crippen LogP) is -0.0742. The lowest BCUT2D eigenvalue weighted by Crippen LogP contribution is -2.58. The molecular formula is C21H36N4O7. The molecule has 6 N–H and O–H groups in total. The fourth-order valence-electron chi connectivity index (χ4n) is 3.63. The van der Waals surface area contributed by atoms with Crippen molar-refractivity contribution in [3.05, 3.63) is 0 Å². The molecular weight excluding hydrogens is 420 g/mol. The highest BCUT2D eigenvalue weighted by molar-refractivity contribution is 5.94. The van der Waals surface area contributed by atoms with E-state index >= 15 is 0 Å². The first-order valence-corrected chi connectivity index (χ1v) is 11.0. The third kappa shape index (κ3) is 7.47. The molecule has 1 heterocycles. The number of nitrogens with one attached hydrogen (secondary N) is 2. The zero-order valence-corrected chi connectivity index (χ0v) is 19.2. The van der Waals surface area contributed by atoms with Crippen molar-refractivity contribution in [2.75, 3.05) is 6.54 Å². The Morgan fingerprint density at radius 3 is 2.19 bits per heavy atom. The molecule has 32 heavy (non-hydrogen) atoms. The number of carbonyl (C=O) groups is 5. The molecule has 0 spiro atoms. The number of carbonyl (C=O) groups excluding carboxylic acids is 3. The molecule has 1 saturated heterocycles. The summed E-state index contributed by atoms with van der Waals surface area (Å²) in [6.07, 6.45) is 1.22. The van der Waals surface area contributed by atoms with Crippen LogP contribution in [0.4, 0.5) is 0 Å². The van der Waals surface area contributed by atoms with Crippen LogP contribution in [-0.4, -0.2) is 75.5 Å². The molecule has 0 saturated carbocycles. The fraction of sp³-hybridized carbons (Fsp3) is 0.762. The van der Waals surface area contributed by atoms with Crippen molar-refractivity contribution in [1.82, 2.24) is 15.5 Å². The van der Waals surface area contributed by atoms with Crippen LogP contribution in [-0.2, 0) is 24.0 Å². The van der Waals surface area contributed by atoms with E-state index in [0.717, 1.165) is 0 Å². The Morgan fingerprint density at radius 2 is 1.69 bits per heavy atom. The molecule has 0 bridgehead atoms. The lowest BCUT2D eigenvalue weighted by atomic mass is 9.97. The predicted molar refractivity (Wildman–Crippen MR) is 115 cm³/mol. The minimum Gasteiger partial charge on any atom is -0.481 e. The molecule has 5 atom stereocenters. The number of carboxylic acids is 2. The smallest absolute Gasteiger partial charge is 0.326 e. The molecule has 1 aliphatic heterocycles. The van der Waals surface area contributed by atoms with E-state index in [1.807, 2.05) is 6.92 Å². The van der Waals surface area contributed by atoms with E-state index in [9.17, 15) is 29.1 Å². The largest absolute Gasteiger partial charge is 0.481 e. The Labute approximate surface area is 188 Å². The second kappa shape index (κ2) is 12.4. The number of amides is 3. The maximum Gasteiger partial charge on any atom is 0.326 e. The summed E-state index contributed by atoms with van der Waals surface area (Å²) < 4.78 is 0. The van der Waals surface area contributed by atoms with Crippen LogP contribution in [0.2, 0.25) is 0 Å². The van der Waals surface area contributed by atoms with Crippen LogP contribution in [0.3, 0.4) is 0 Å². The van der Waals surface area contributed by atoms with E-state index in [-0.39, 0.29) is 24.7 Å². The number of nitrogens with two attached hydrogens (primary N) is 1. The fourth-order valence-corrected chi connectivity index (χ4v) is 3.63. The average molecular weight is 457 g/mol. The maximum atomic E-state index is 12.9. The van der Waals surface area contributed by atoms with Gasteiger partial charge in [-0.3, -0.25) is 19.2 Å². The van der Waals surface area contributed by atoms with E-state index < -0.39 is 53.8 Å². The van der Waals surface area contributed by atoms with Gasteiger partial charge in [-0.1, -0.05) is 34.1 Å². The standard InChI is InChI=1S/C21H36N4O7/c1-5-12(4)17(21(31)32)24-19(29)16(11(2)3)23-18(28)14-7-6-10-25(14)20(30)13(22)8-9-15(26)27/h11-14,16-17H,5-10,22H2,1-4H3,(H,23,28)(H,24,29)(H,26,27)(H,31,32). The van der Waals surface area contributed by atoms with E-state index in [4.69, 9.17) is 10.8 Å². The number of carboxylic acid groups (broad SMARTS) is 2. The van der Waals surface area contributed by atoms with Gasteiger partial charge in [0.05, 0.1) is 6.04 Å². The zero-order valence-electron chi connectivity index (χ0n) is 19.2. The topological polar surface area (TPSA) is 179 Å². The van der Waals surface area contributed by atoms with Crippen molar-refractivity contribution in [3.8, 4) is 0 Å². The summed E-state index contributed by atoms with van der Waals surface area (Å²) in [6.45, 7) is 7.30. The molecule has 0 aliphatic carbocycles. The molecule has 3 amide bonds. The minimum absolute atomic E-state index is 0.0395. The molecule has 0 aromatic rings. The molecule has 0 aromatic carbocycles. The highest BCUT2D eigenvalue weighted by atomic mass is 16.4. The Hall–Kier alpha value is -2.69. The van der Waals surface area contributed by atoms with Crippen molar-refractivity contribution in [3.63, 3.8) is 0 Å². The van der Waals surface area contributed by atoms with Gasteiger partial charge in [0.2, 0.25) is 17.7 Å². The van der Waals surface area contributed by atoms with Crippen molar-refractivity contribution in [2.45, 2.75) is 84.0 Å². The number of likely N-dealkylation sites (tertiary alicyclic amines) is 1. The van der Waals surface area contributed by atoms with Gasteiger partial charge in [0.25, 0.3) is 0 Å². The zero-order chi connectivity index (χ0) is 24.6. The van der Waals surface area contributed by atoms with Gasteiger partial charge in [0.15, 0.2) is 0 Å². The summed E-state index contributed by atoms with van der Waals surface area (Å²) in [5, 5.41) is 23.4. The van der Waals surface area contributed by atoms with E-state index in [0.29, 0.717) is 25.8 Å². The minimum atomic E-state index is -1.15. The Bertz CT molecular complexity index is 712. The SMILES string of the molecule is CCC(C)C(NC(=O)C(NC(=O)C1CCCN1C(=O)C(N)CCC(=O)O)C(C)C)C(=O)O. The lowest BCUT2D eigenvalue weighted by Gasteiger charge is -2.30. The number of nitrogens with zero attached hydrogens (tertiary/aromatic N) is 1. The van der Waals surface area contributed by atoms with Gasteiger partial charge in [-0.25, -0.2) is 4.79 Å². The van der Waals surface area contributed by atoms with Crippen molar-refractivity contribution in [2.24, 2.45) is 17.6 Å². The molecule has 11 heteroatoms. The summed E-state index contributed by atoms with van der Waals surface area (Å²) >= 11 is 0. The van der Waals surface area contributed by atoms with Crippen molar-refractivity contribution < 1.29 is 34.2 Å². The Balaban J connectivity index is 2.88. The third-order valence-corrected chi connectivity index (χ3v) is 5.85. The van der Waals surface area contributed by atoms with Crippen LogP contribution in [0, 0.1) is 11.8 Å². The summed E-state index contributed by atoms with van der Waals surface area (Å²) in [6, 6.07) is -3.91. The van der Waals surface area contributed by atoms with Crippen molar-refractivity contribution in [1.29, 1.82) is 0 Å². The molecule has 1 aliphatic rings. The van der Waals surface area contributed by atoms with E-state index in [1.54, 1.807) is 20.8 Å². The van der Waals surface area contributed by atoms with Crippen LogP contribution in [0.25, 0.3) is 0 Å². The summed E-state index contributed by atoms with van der Waals surface area (Å²) in [7, 11) is 0. The van der Waals surface area contributed by atoms with Crippen LogP contribution >= 0.6 is 0 Å². The molecule has 11 nitrogen and oxygen atoms in total. The number of hydrogen-bond acceptors (Lipinski definition) is 6. The number of hydrogen-bond donors (Lipinski definition) is 5. The number of aliphatic carboxylic acids is 2. The molecule has 0 aromatic heterocycles. The first kappa shape index (κ1) is 27.3. The van der Waals surface area contributed by atoms with Gasteiger partial charge < -0.3 is 31.5 Å². The van der Waals surface area contributed by atoms with Crippen LogP contribution in [0.5, 0.6) is 0 Å². The molecule has 5 unspecified atom stereocenters. The molecule has 1 fully saturated rings. The monoisotopic (exact) mass is 456 g/mol. The van der Waals surface area contributed by atoms with Gasteiger partial charge in [-0.15, -0.1) is 0 Å². The van der Waals surface area contributed by atoms with Gasteiger partial charge >= 0.3 is 11.9 Å². The quantitative estimate of drug-likeness (QED) is 0.270. The highest BCUT2D eigenvalue weighted by Gasteiger charge is 2.38. The molecule has 182 valence electrons. The second-order valence-corrected chi connectivity index (χ2v) is 8.67.